The van der Waals surface area contributed by atoms with Crippen molar-refractivity contribution < 1.29 is 5.11 Å². The molecule has 1 aliphatic heterocycles. The van der Waals surface area contributed by atoms with Crippen molar-refractivity contribution in [3.63, 3.8) is 0 Å². The van der Waals surface area contributed by atoms with Gasteiger partial charge < -0.3 is 20.2 Å². The van der Waals surface area contributed by atoms with Gasteiger partial charge in [0.25, 0.3) is 0 Å². The molecule has 170 valence electrons. The highest BCUT2D eigenvalue weighted by Crippen LogP contribution is 2.36. The number of nitrogens with one attached hydrogen (secondary N) is 1. The molecule has 0 spiro atoms. The highest BCUT2D eigenvalue weighted by molar-refractivity contribution is 7.22. The van der Waals surface area contributed by atoms with Crippen LogP contribution in [0.15, 0.2) is 61.1 Å². The number of thiophene rings is 1. The van der Waals surface area contributed by atoms with Crippen LogP contribution < -0.4 is 10.2 Å². The fourth-order valence-corrected chi connectivity index (χ4v) is 5.25. The SMILES string of the molecule is CCN1CCN(c2ccc(-c3cc4ncnc(N[C@H](CO)c5ccccc5)c4s3)cn2)CC1. The standard InChI is InChI=1S/C25H28N6OS/c1-2-30-10-12-31(13-11-30)23-9-8-19(15-26-23)22-14-20-24(33-22)25(28-17-27-20)29-21(16-32)18-6-4-3-5-7-18/h3-9,14-15,17,21,32H,2,10-13,16H2,1H3,(H,27,28,29)/t21-/m1/s1. The van der Waals surface area contributed by atoms with Crippen LogP contribution in [0, 0.1) is 0 Å². The lowest BCUT2D eigenvalue weighted by atomic mass is 10.1. The van der Waals surface area contributed by atoms with E-state index >= 15 is 0 Å². The van der Waals surface area contributed by atoms with Crippen molar-refractivity contribution in [3.8, 4) is 10.4 Å². The summed E-state index contributed by atoms with van der Waals surface area (Å²) in [6.07, 6.45) is 3.52. The van der Waals surface area contributed by atoms with E-state index < -0.39 is 0 Å². The first-order valence-electron chi connectivity index (χ1n) is 11.4. The van der Waals surface area contributed by atoms with E-state index in [0.29, 0.717) is 0 Å². The molecule has 0 amide bonds. The number of fused-ring (bicyclic) bond motifs is 1. The smallest absolute Gasteiger partial charge is 0.148 e. The summed E-state index contributed by atoms with van der Waals surface area (Å²) in [7, 11) is 0. The lowest BCUT2D eigenvalue weighted by Crippen LogP contribution is -2.46. The van der Waals surface area contributed by atoms with E-state index in [0.717, 1.165) is 70.6 Å². The molecule has 0 saturated carbocycles. The Morgan fingerprint density at radius 2 is 1.85 bits per heavy atom. The molecule has 0 radical (unpaired) electrons. The van der Waals surface area contributed by atoms with Gasteiger partial charge in [0.15, 0.2) is 0 Å². The summed E-state index contributed by atoms with van der Waals surface area (Å²) in [4.78, 5) is 19.6. The molecular formula is C25H28N6OS. The predicted octanol–water partition coefficient (Wildman–Crippen LogP) is 4.04. The number of likely N-dealkylation sites (N-methyl/N-ethyl adjacent to an activating group) is 1. The van der Waals surface area contributed by atoms with E-state index in [1.165, 1.54) is 0 Å². The molecule has 1 aliphatic rings. The van der Waals surface area contributed by atoms with E-state index in [4.69, 9.17) is 4.98 Å². The van der Waals surface area contributed by atoms with Crippen LogP contribution in [0.1, 0.15) is 18.5 Å². The molecule has 1 saturated heterocycles. The van der Waals surface area contributed by atoms with Gasteiger partial charge >= 0.3 is 0 Å². The molecule has 5 rings (SSSR count). The van der Waals surface area contributed by atoms with Crippen molar-refractivity contribution in [1.82, 2.24) is 19.9 Å². The number of rotatable bonds is 7. The van der Waals surface area contributed by atoms with Gasteiger partial charge in [-0.2, -0.15) is 0 Å². The molecule has 0 aliphatic carbocycles. The third kappa shape index (κ3) is 4.68. The molecule has 4 aromatic rings. The minimum atomic E-state index is -0.232. The summed E-state index contributed by atoms with van der Waals surface area (Å²) >= 11 is 1.64. The fourth-order valence-electron chi connectivity index (χ4n) is 4.20. The van der Waals surface area contributed by atoms with Crippen molar-refractivity contribution in [2.45, 2.75) is 13.0 Å². The number of aliphatic hydroxyl groups is 1. The number of benzene rings is 1. The second-order valence-electron chi connectivity index (χ2n) is 8.16. The fraction of sp³-hybridized carbons (Fsp3) is 0.320. The Morgan fingerprint density at radius 1 is 1.03 bits per heavy atom. The molecule has 1 atom stereocenters. The van der Waals surface area contributed by atoms with Crippen molar-refractivity contribution in [2.24, 2.45) is 0 Å². The van der Waals surface area contributed by atoms with Crippen LogP contribution in [-0.4, -0.2) is 64.3 Å². The van der Waals surface area contributed by atoms with Gasteiger partial charge in [0.2, 0.25) is 0 Å². The van der Waals surface area contributed by atoms with E-state index in [-0.39, 0.29) is 12.6 Å². The Bertz CT molecular complexity index is 1190. The maximum atomic E-state index is 9.94. The largest absolute Gasteiger partial charge is 0.394 e. The summed E-state index contributed by atoms with van der Waals surface area (Å²) in [6, 6.07) is 16.0. The molecule has 3 aromatic heterocycles. The maximum Gasteiger partial charge on any atom is 0.148 e. The Labute approximate surface area is 197 Å². The molecule has 1 aromatic carbocycles. The summed E-state index contributed by atoms with van der Waals surface area (Å²) in [5.41, 5.74) is 2.97. The van der Waals surface area contributed by atoms with E-state index in [9.17, 15) is 5.11 Å². The average molecular weight is 461 g/mol. The molecule has 7 nitrogen and oxygen atoms in total. The second-order valence-corrected chi connectivity index (χ2v) is 9.22. The maximum absolute atomic E-state index is 9.94. The van der Waals surface area contributed by atoms with Crippen LogP contribution in [-0.2, 0) is 0 Å². The zero-order chi connectivity index (χ0) is 22.6. The summed E-state index contributed by atoms with van der Waals surface area (Å²) < 4.78 is 0.974. The average Bonchev–Trinajstić information content (AvgIpc) is 3.33. The number of aromatic nitrogens is 3. The second kappa shape index (κ2) is 9.82. The first kappa shape index (κ1) is 21.8. The van der Waals surface area contributed by atoms with Gasteiger partial charge in [0, 0.05) is 42.8 Å². The highest BCUT2D eigenvalue weighted by Gasteiger charge is 2.18. The van der Waals surface area contributed by atoms with E-state index in [2.05, 4.69) is 50.2 Å². The number of anilines is 2. The van der Waals surface area contributed by atoms with Crippen LogP contribution in [0.2, 0.25) is 0 Å². The van der Waals surface area contributed by atoms with Crippen LogP contribution in [0.5, 0.6) is 0 Å². The van der Waals surface area contributed by atoms with Gasteiger partial charge in [-0.15, -0.1) is 11.3 Å². The molecule has 0 unspecified atom stereocenters. The molecule has 2 N–H and O–H groups in total. The van der Waals surface area contributed by atoms with Crippen LogP contribution in [0.4, 0.5) is 11.6 Å². The monoisotopic (exact) mass is 460 g/mol. The van der Waals surface area contributed by atoms with Crippen molar-refractivity contribution in [3.05, 3.63) is 66.6 Å². The molecule has 4 heterocycles. The lowest BCUT2D eigenvalue weighted by Gasteiger charge is -2.34. The van der Waals surface area contributed by atoms with Crippen LogP contribution in [0.3, 0.4) is 0 Å². The zero-order valence-corrected chi connectivity index (χ0v) is 19.5. The van der Waals surface area contributed by atoms with E-state index in [1.54, 1.807) is 17.7 Å². The van der Waals surface area contributed by atoms with Crippen LogP contribution in [0.25, 0.3) is 20.7 Å². The van der Waals surface area contributed by atoms with Crippen molar-refractivity contribution in [1.29, 1.82) is 0 Å². The van der Waals surface area contributed by atoms with Gasteiger partial charge in [0.1, 0.15) is 18.0 Å². The summed E-state index contributed by atoms with van der Waals surface area (Å²) in [5, 5.41) is 13.3. The number of hydrogen-bond acceptors (Lipinski definition) is 8. The first-order valence-corrected chi connectivity index (χ1v) is 12.2. The number of nitrogens with zero attached hydrogens (tertiary/aromatic N) is 5. The molecule has 0 bridgehead atoms. The Morgan fingerprint density at radius 3 is 2.55 bits per heavy atom. The quantitative estimate of drug-likeness (QED) is 0.431. The summed E-state index contributed by atoms with van der Waals surface area (Å²) in [6.45, 7) is 7.50. The van der Waals surface area contributed by atoms with Crippen molar-refractivity contribution >= 4 is 33.2 Å². The third-order valence-corrected chi connectivity index (χ3v) is 7.36. The predicted molar refractivity (Wildman–Crippen MR) is 135 cm³/mol. The number of piperazine rings is 1. The Kier molecular flexibility index (Phi) is 6.48. The minimum Gasteiger partial charge on any atom is -0.394 e. The summed E-state index contributed by atoms with van der Waals surface area (Å²) in [5.74, 6) is 1.77. The minimum absolute atomic E-state index is 0.0222. The van der Waals surface area contributed by atoms with Crippen molar-refractivity contribution in [2.75, 3.05) is 49.5 Å². The number of aliphatic hydroxyl groups excluding tert-OH is 1. The van der Waals surface area contributed by atoms with Gasteiger partial charge in [-0.25, -0.2) is 15.0 Å². The normalized spacial score (nSPS) is 15.6. The lowest BCUT2D eigenvalue weighted by molar-refractivity contribution is 0.270. The molecule has 8 heteroatoms. The van der Waals surface area contributed by atoms with Gasteiger partial charge in [-0.1, -0.05) is 37.3 Å². The number of pyridine rings is 1. The number of hydrogen-bond donors (Lipinski definition) is 2. The zero-order valence-electron chi connectivity index (χ0n) is 18.7. The van der Waals surface area contributed by atoms with Gasteiger partial charge in [-0.05, 0) is 30.3 Å². The van der Waals surface area contributed by atoms with Crippen LogP contribution >= 0.6 is 11.3 Å². The topological polar surface area (TPSA) is 77.4 Å². The molecular weight excluding hydrogens is 432 g/mol. The highest BCUT2D eigenvalue weighted by atomic mass is 32.1. The van der Waals surface area contributed by atoms with Gasteiger partial charge in [0.05, 0.1) is 22.9 Å². The van der Waals surface area contributed by atoms with Gasteiger partial charge in [-0.3, -0.25) is 0 Å². The Balaban J connectivity index is 1.37. The third-order valence-electron chi connectivity index (χ3n) is 6.18. The molecule has 1 fully saturated rings. The Hall–Kier alpha value is -3.07. The first-order chi connectivity index (χ1) is 16.2. The molecule has 33 heavy (non-hydrogen) atoms. The van der Waals surface area contributed by atoms with E-state index in [1.807, 2.05) is 36.5 Å².